The van der Waals surface area contributed by atoms with Crippen LogP contribution in [0.3, 0.4) is 0 Å². The molecule has 1 aliphatic rings. The second-order valence-corrected chi connectivity index (χ2v) is 5.38. The first-order valence-electron chi connectivity index (χ1n) is 6.78. The monoisotopic (exact) mass is 275 g/mol. The molecule has 2 N–H and O–H groups in total. The standard InChI is InChI=1S/C15H21N3O2/c1-10(19)16-12-9-13(15(20)18(2)3)17-14(12)11-7-5-4-6-8-11/h4-8,12-14,17H,9H2,1-3H3,(H,16,19)/t12-,13+,14+/m1/s1. The van der Waals surface area contributed by atoms with Crippen molar-refractivity contribution in [3.8, 4) is 0 Å². The molecule has 1 aliphatic heterocycles. The lowest BCUT2D eigenvalue weighted by molar-refractivity contribution is -0.130. The van der Waals surface area contributed by atoms with Gasteiger partial charge in [-0.3, -0.25) is 14.9 Å². The van der Waals surface area contributed by atoms with E-state index in [-0.39, 0.29) is 29.9 Å². The number of benzene rings is 1. The minimum absolute atomic E-state index is 0.0333. The maximum atomic E-state index is 12.1. The molecule has 0 unspecified atom stereocenters. The SMILES string of the molecule is CC(=O)N[C@@H]1C[C@@H](C(=O)N(C)C)N[C@H]1c1ccccc1. The van der Waals surface area contributed by atoms with Crippen molar-refractivity contribution >= 4 is 11.8 Å². The Morgan fingerprint density at radius 2 is 1.90 bits per heavy atom. The third-order valence-electron chi connectivity index (χ3n) is 3.56. The average Bonchev–Trinajstić information content (AvgIpc) is 2.81. The Balaban J connectivity index is 2.19. The molecule has 2 amide bonds. The maximum Gasteiger partial charge on any atom is 0.239 e. The number of hydrogen-bond donors (Lipinski definition) is 2. The van der Waals surface area contributed by atoms with E-state index in [2.05, 4.69) is 10.6 Å². The number of rotatable bonds is 3. The van der Waals surface area contributed by atoms with Crippen LogP contribution in [0.5, 0.6) is 0 Å². The Morgan fingerprint density at radius 3 is 2.45 bits per heavy atom. The summed E-state index contributed by atoms with van der Waals surface area (Å²) in [5.41, 5.74) is 1.08. The van der Waals surface area contributed by atoms with Gasteiger partial charge in [0.2, 0.25) is 11.8 Å². The smallest absolute Gasteiger partial charge is 0.239 e. The summed E-state index contributed by atoms with van der Waals surface area (Å²) in [5, 5.41) is 6.28. The summed E-state index contributed by atoms with van der Waals surface area (Å²) in [6.07, 6.45) is 0.607. The molecule has 3 atom stereocenters. The number of carbonyl (C=O) groups is 2. The molecular formula is C15H21N3O2. The fourth-order valence-electron chi connectivity index (χ4n) is 2.67. The molecular weight excluding hydrogens is 254 g/mol. The Bertz CT molecular complexity index is 487. The molecule has 1 fully saturated rings. The van der Waals surface area contributed by atoms with E-state index in [0.717, 1.165) is 5.56 Å². The first-order valence-corrected chi connectivity index (χ1v) is 6.78. The lowest BCUT2D eigenvalue weighted by Gasteiger charge is -2.20. The predicted octanol–water partition coefficient (Wildman–Crippen LogP) is 0.683. The van der Waals surface area contributed by atoms with Crippen LogP contribution in [0.4, 0.5) is 0 Å². The largest absolute Gasteiger partial charge is 0.352 e. The third kappa shape index (κ3) is 3.17. The van der Waals surface area contributed by atoms with Crippen molar-refractivity contribution in [2.24, 2.45) is 0 Å². The Kier molecular flexibility index (Phi) is 4.39. The first-order chi connectivity index (χ1) is 9.49. The van der Waals surface area contributed by atoms with Crippen molar-refractivity contribution in [2.45, 2.75) is 31.5 Å². The fraction of sp³-hybridized carbons (Fsp3) is 0.467. The van der Waals surface area contributed by atoms with Gasteiger partial charge in [0, 0.05) is 21.0 Å². The molecule has 0 bridgehead atoms. The molecule has 0 saturated carbocycles. The van der Waals surface area contributed by atoms with Crippen molar-refractivity contribution in [3.05, 3.63) is 35.9 Å². The van der Waals surface area contributed by atoms with Gasteiger partial charge in [-0.1, -0.05) is 30.3 Å². The number of amides is 2. The van der Waals surface area contributed by atoms with Gasteiger partial charge in [0.05, 0.1) is 18.1 Å². The van der Waals surface area contributed by atoms with E-state index in [1.54, 1.807) is 19.0 Å². The van der Waals surface area contributed by atoms with Crippen LogP contribution in [0.15, 0.2) is 30.3 Å². The summed E-state index contributed by atoms with van der Waals surface area (Å²) in [6, 6.07) is 9.54. The van der Waals surface area contributed by atoms with Crippen LogP contribution in [0, 0.1) is 0 Å². The number of nitrogens with one attached hydrogen (secondary N) is 2. The molecule has 5 nitrogen and oxygen atoms in total. The highest BCUT2D eigenvalue weighted by Crippen LogP contribution is 2.27. The molecule has 1 aromatic carbocycles. The highest BCUT2D eigenvalue weighted by atomic mass is 16.2. The lowest BCUT2D eigenvalue weighted by Crippen LogP contribution is -2.40. The van der Waals surface area contributed by atoms with E-state index in [9.17, 15) is 9.59 Å². The predicted molar refractivity (Wildman–Crippen MR) is 77.0 cm³/mol. The van der Waals surface area contributed by atoms with Gasteiger partial charge in [-0.25, -0.2) is 0 Å². The number of likely N-dealkylation sites (N-methyl/N-ethyl adjacent to an activating group) is 1. The van der Waals surface area contributed by atoms with Crippen molar-refractivity contribution in [1.29, 1.82) is 0 Å². The van der Waals surface area contributed by atoms with Crippen LogP contribution in [0.2, 0.25) is 0 Å². The molecule has 0 aromatic heterocycles. The van der Waals surface area contributed by atoms with Crippen LogP contribution in [-0.2, 0) is 9.59 Å². The summed E-state index contributed by atoms with van der Waals surface area (Å²) >= 11 is 0. The molecule has 0 aliphatic carbocycles. The van der Waals surface area contributed by atoms with Gasteiger partial charge < -0.3 is 10.2 Å². The maximum absolute atomic E-state index is 12.1. The van der Waals surface area contributed by atoms with Crippen LogP contribution < -0.4 is 10.6 Å². The van der Waals surface area contributed by atoms with Gasteiger partial charge in [0.15, 0.2) is 0 Å². The van der Waals surface area contributed by atoms with Crippen molar-refractivity contribution < 1.29 is 9.59 Å². The van der Waals surface area contributed by atoms with Gasteiger partial charge >= 0.3 is 0 Å². The number of hydrogen-bond acceptors (Lipinski definition) is 3. The topological polar surface area (TPSA) is 61.4 Å². The first kappa shape index (κ1) is 14.5. The lowest BCUT2D eigenvalue weighted by atomic mass is 10.00. The highest BCUT2D eigenvalue weighted by Gasteiger charge is 2.38. The summed E-state index contributed by atoms with van der Waals surface area (Å²) in [4.78, 5) is 25.0. The van der Waals surface area contributed by atoms with E-state index < -0.39 is 0 Å². The quantitative estimate of drug-likeness (QED) is 0.853. The zero-order valence-electron chi connectivity index (χ0n) is 12.1. The Hall–Kier alpha value is -1.88. The van der Waals surface area contributed by atoms with E-state index in [1.165, 1.54) is 6.92 Å². The molecule has 5 heteroatoms. The van der Waals surface area contributed by atoms with E-state index in [4.69, 9.17) is 0 Å². The van der Waals surface area contributed by atoms with Gasteiger partial charge in [-0.2, -0.15) is 0 Å². The molecule has 1 saturated heterocycles. The molecule has 108 valence electrons. The van der Waals surface area contributed by atoms with Crippen molar-refractivity contribution in [2.75, 3.05) is 14.1 Å². The fourth-order valence-corrected chi connectivity index (χ4v) is 2.67. The molecule has 0 spiro atoms. The average molecular weight is 275 g/mol. The van der Waals surface area contributed by atoms with E-state index in [1.807, 2.05) is 30.3 Å². The van der Waals surface area contributed by atoms with Gasteiger partial charge in [0.1, 0.15) is 0 Å². The number of carbonyl (C=O) groups excluding carboxylic acids is 2. The normalized spacial score (nSPS) is 25.2. The minimum Gasteiger partial charge on any atom is -0.352 e. The van der Waals surface area contributed by atoms with Crippen molar-refractivity contribution in [1.82, 2.24) is 15.5 Å². The van der Waals surface area contributed by atoms with Crippen LogP contribution in [0.1, 0.15) is 24.9 Å². The third-order valence-corrected chi connectivity index (χ3v) is 3.56. The van der Waals surface area contributed by atoms with Gasteiger partial charge in [-0.15, -0.1) is 0 Å². The van der Waals surface area contributed by atoms with Crippen LogP contribution in [-0.4, -0.2) is 42.9 Å². The molecule has 1 aromatic rings. The van der Waals surface area contributed by atoms with Gasteiger partial charge in [-0.05, 0) is 12.0 Å². The molecule has 1 heterocycles. The van der Waals surface area contributed by atoms with E-state index >= 15 is 0 Å². The Labute approximate surface area is 119 Å². The summed E-state index contributed by atoms with van der Waals surface area (Å²) < 4.78 is 0. The zero-order chi connectivity index (χ0) is 14.7. The summed E-state index contributed by atoms with van der Waals surface area (Å²) in [6.45, 7) is 1.50. The second-order valence-electron chi connectivity index (χ2n) is 5.38. The second kappa shape index (κ2) is 6.05. The summed E-state index contributed by atoms with van der Waals surface area (Å²) in [7, 11) is 3.49. The molecule has 2 rings (SSSR count). The van der Waals surface area contributed by atoms with Crippen LogP contribution >= 0.6 is 0 Å². The number of nitrogens with zero attached hydrogens (tertiary/aromatic N) is 1. The van der Waals surface area contributed by atoms with Crippen LogP contribution in [0.25, 0.3) is 0 Å². The van der Waals surface area contributed by atoms with E-state index in [0.29, 0.717) is 6.42 Å². The Morgan fingerprint density at radius 1 is 1.25 bits per heavy atom. The zero-order valence-corrected chi connectivity index (χ0v) is 12.1. The summed E-state index contributed by atoms with van der Waals surface area (Å²) in [5.74, 6) is -0.0329. The molecule has 20 heavy (non-hydrogen) atoms. The highest BCUT2D eigenvalue weighted by molar-refractivity contribution is 5.82. The minimum atomic E-state index is -0.257. The van der Waals surface area contributed by atoms with Crippen molar-refractivity contribution in [3.63, 3.8) is 0 Å². The van der Waals surface area contributed by atoms with Gasteiger partial charge in [0.25, 0.3) is 0 Å². The molecule has 0 radical (unpaired) electrons.